The zero-order chi connectivity index (χ0) is 10.1. The fourth-order valence-corrected chi connectivity index (χ4v) is 2.26. The Bertz CT molecular complexity index is 375. The van der Waals surface area contributed by atoms with Gasteiger partial charge in [0.05, 0.1) is 6.54 Å². The van der Waals surface area contributed by atoms with Gasteiger partial charge in [-0.25, -0.2) is 4.99 Å². The van der Waals surface area contributed by atoms with Gasteiger partial charge in [-0.15, -0.1) is 0 Å². The predicted molar refractivity (Wildman–Crippen MR) is 59.0 cm³/mol. The lowest BCUT2D eigenvalue weighted by molar-refractivity contribution is 0.325. The molecule has 0 unspecified atom stereocenters. The van der Waals surface area contributed by atoms with Gasteiger partial charge in [0.1, 0.15) is 6.61 Å². The van der Waals surface area contributed by atoms with Gasteiger partial charge in [-0.2, -0.15) is 0 Å². The highest BCUT2D eigenvalue weighted by Gasteiger charge is 2.22. The highest BCUT2D eigenvalue weighted by molar-refractivity contribution is 5.75. The number of benzene rings is 1. The summed E-state index contributed by atoms with van der Waals surface area (Å²) in [7, 11) is 0. The van der Waals surface area contributed by atoms with Crippen LogP contribution in [0, 0.1) is 0 Å². The first kappa shape index (κ1) is 8.77. The van der Waals surface area contributed by atoms with E-state index in [2.05, 4.69) is 34.6 Å². The molecule has 0 amide bonds. The van der Waals surface area contributed by atoms with Gasteiger partial charge < -0.3 is 10.1 Å². The summed E-state index contributed by atoms with van der Waals surface area (Å²) in [6.07, 6.45) is 2.16. The van der Waals surface area contributed by atoms with Crippen LogP contribution in [0.4, 0.5) is 0 Å². The number of rotatable bonds is 1. The largest absolute Gasteiger partial charge is 0.463 e. The quantitative estimate of drug-likeness (QED) is 0.740. The molecule has 0 bridgehead atoms. The number of hydrogen-bond acceptors (Lipinski definition) is 3. The van der Waals surface area contributed by atoms with E-state index in [-0.39, 0.29) is 0 Å². The predicted octanol–water partition coefficient (Wildman–Crippen LogP) is 1.13. The third kappa shape index (κ3) is 1.69. The molecular formula is C12H14N2O. The van der Waals surface area contributed by atoms with Crippen LogP contribution in [0.1, 0.15) is 11.1 Å². The van der Waals surface area contributed by atoms with Crippen LogP contribution >= 0.6 is 0 Å². The Morgan fingerprint density at radius 1 is 1.20 bits per heavy atom. The highest BCUT2D eigenvalue weighted by Crippen LogP contribution is 2.21. The number of aliphatic imine (C=N–C) groups is 1. The Morgan fingerprint density at radius 2 is 1.93 bits per heavy atom. The topological polar surface area (TPSA) is 33.6 Å². The van der Waals surface area contributed by atoms with Gasteiger partial charge in [0, 0.05) is 6.04 Å². The number of ether oxygens (including phenoxy) is 1. The van der Waals surface area contributed by atoms with Crippen LogP contribution in [-0.2, 0) is 17.6 Å². The van der Waals surface area contributed by atoms with E-state index in [0.717, 1.165) is 32.0 Å². The molecule has 3 nitrogen and oxygen atoms in total. The second-order valence-corrected chi connectivity index (χ2v) is 4.05. The van der Waals surface area contributed by atoms with Gasteiger partial charge in [-0.1, -0.05) is 24.3 Å². The Hall–Kier alpha value is -1.51. The van der Waals surface area contributed by atoms with Crippen LogP contribution in [0.5, 0.6) is 0 Å². The van der Waals surface area contributed by atoms with Crippen LogP contribution in [0.3, 0.4) is 0 Å². The van der Waals surface area contributed by atoms with Gasteiger partial charge in [0.2, 0.25) is 0 Å². The highest BCUT2D eigenvalue weighted by atomic mass is 16.5. The summed E-state index contributed by atoms with van der Waals surface area (Å²) < 4.78 is 5.35. The molecule has 1 aliphatic heterocycles. The van der Waals surface area contributed by atoms with E-state index in [9.17, 15) is 0 Å². The van der Waals surface area contributed by atoms with Crippen molar-refractivity contribution in [3.05, 3.63) is 35.4 Å². The average molecular weight is 202 g/mol. The number of nitrogens with zero attached hydrogens (tertiary/aromatic N) is 1. The molecule has 3 rings (SSSR count). The maximum atomic E-state index is 5.35. The Morgan fingerprint density at radius 3 is 2.53 bits per heavy atom. The molecule has 0 spiro atoms. The van der Waals surface area contributed by atoms with Crippen molar-refractivity contribution in [1.29, 1.82) is 0 Å². The van der Waals surface area contributed by atoms with Crippen LogP contribution in [0.2, 0.25) is 0 Å². The monoisotopic (exact) mass is 202 g/mol. The van der Waals surface area contributed by atoms with Crippen LogP contribution in [-0.4, -0.2) is 25.2 Å². The van der Waals surface area contributed by atoms with E-state index in [0.29, 0.717) is 6.04 Å². The van der Waals surface area contributed by atoms with E-state index < -0.39 is 0 Å². The summed E-state index contributed by atoms with van der Waals surface area (Å²) in [6.45, 7) is 1.52. The summed E-state index contributed by atoms with van der Waals surface area (Å²) in [6, 6.07) is 9.80. The molecule has 1 N–H and O–H groups in total. The molecule has 0 radical (unpaired) electrons. The van der Waals surface area contributed by atoms with Gasteiger partial charge in [-0.3, -0.25) is 0 Å². The van der Waals surface area contributed by atoms with E-state index in [1.54, 1.807) is 0 Å². The van der Waals surface area contributed by atoms with Crippen molar-refractivity contribution in [2.24, 2.45) is 4.99 Å². The molecule has 1 aromatic carbocycles. The lowest BCUT2D eigenvalue weighted by Gasteiger charge is -2.11. The van der Waals surface area contributed by atoms with Gasteiger partial charge in [-0.05, 0) is 24.0 Å². The maximum absolute atomic E-state index is 5.35. The van der Waals surface area contributed by atoms with Crippen molar-refractivity contribution in [3.63, 3.8) is 0 Å². The lowest BCUT2D eigenvalue weighted by atomic mass is 10.1. The maximum Gasteiger partial charge on any atom is 0.285 e. The number of fused-ring (bicyclic) bond motifs is 1. The molecule has 0 saturated heterocycles. The third-order valence-electron chi connectivity index (χ3n) is 2.96. The molecule has 0 fully saturated rings. The molecule has 3 heteroatoms. The van der Waals surface area contributed by atoms with E-state index in [1.165, 1.54) is 11.1 Å². The summed E-state index contributed by atoms with van der Waals surface area (Å²) in [5.74, 6) is 0. The molecule has 1 heterocycles. The molecule has 1 aromatic rings. The normalized spacial score (nSPS) is 19.6. The standard InChI is InChI=1S/C12H14N2O/c1-2-4-10-8-11(7-9(10)3-1)14-12-13-5-6-15-12/h1-4,11H,5-8H2,(H,13,14). The van der Waals surface area contributed by atoms with Crippen molar-refractivity contribution >= 4 is 6.02 Å². The van der Waals surface area contributed by atoms with Crippen LogP contribution in [0.15, 0.2) is 29.3 Å². The second-order valence-electron chi connectivity index (χ2n) is 4.05. The molecule has 0 saturated carbocycles. The summed E-state index contributed by atoms with van der Waals surface area (Å²) in [5.41, 5.74) is 2.90. The van der Waals surface area contributed by atoms with Crippen LogP contribution in [0.25, 0.3) is 0 Å². The van der Waals surface area contributed by atoms with Crippen molar-refractivity contribution in [3.8, 4) is 0 Å². The Balaban J connectivity index is 1.68. The van der Waals surface area contributed by atoms with E-state index in [1.807, 2.05) is 0 Å². The average Bonchev–Trinajstić information content (AvgIpc) is 2.86. The fraction of sp³-hybridized carbons (Fsp3) is 0.417. The smallest absolute Gasteiger partial charge is 0.285 e. The minimum atomic E-state index is 0.458. The molecule has 78 valence electrons. The van der Waals surface area contributed by atoms with E-state index in [4.69, 9.17) is 4.74 Å². The fourth-order valence-electron chi connectivity index (χ4n) is 2.26. The lowest BCUT2D eigenvalue weighted by Crippen LogP contribution is -2.35. The van der Waals surface area contributed by atoms with Crippen molar-refractivity contribution in [1.82, 2.24) is 5.32 Å². The first-order chi connectivity index (χ1) is 7.42. The van der Waals surface area contributed by atoms with Gasteiger partial charge in [0.15, 0.2) is 0 Å². The molecular weight excluding hydrogens is 188 g/mol. The minimum absolute atomic E-state index is 0.458. The molecule has 15 heavy (non-hydrogen) atoms. The van der Waals surface area contributed by atoms with Gasteiger partial charge in [0.25, 0.3) is 6.02 Å². The zero-order valence-corrected chi connectivity index (χ0v) is 8.57. The molecule has 1 aliphatic carbocycles. The number of amidine groups is 1. The SMILES string of the molecule is c1ccc2c(c1)CC(NC1=NCCO1)C2. The Labute approximate surface area is 89.2 Å². The van der Waals surface area contributed by atoms with E-state index >= 15 is 0 Å². The number of hydrogen-bond donors (Lipinski definition) is 1. The summed E-state index contributed by atoms with van der Waals surface area (Å²) >= 11 is 0. The molecule has 0 aromatic heterocycles. The third-order valence-corrected chi connectivity index (χ3v) is 2.96. The Kier molecular flexibility index (Phi) is 2.09. The van der Waals surface area contributed by atoms with Crippen LogP contribution < -0.4 is 5.32 Å². The first-order valence-electron chi connectivity index (χ1n) is 5.42. The molecule has 0 atom stereocenters. The van der Waals surface area contributed by atoms with Gasteiger partial charge >= 0.3 is 0 Å². The first-order valence-corrected chi connectivity index (χ1v) is 5.42. The summed E-state index contributed by atoms with van der Waals surface area (Å²) in [5, 5.41) is 3.35. The van der Waals surface area contributed by atoms with Crippen molar-refractivity contribution in [2.75, 3.05) is 13.2 Å². The molecule has 2 aliphatic rings. The number of nitrogens with one attached hydrogen (secondary N) is 1. The zero-order valence-electron chi connectivity index (χ0n) is 8.57. The minimum Gasteiger partial charge on any atom is -0.463 e. The van der Waals surface area contributed by atoms with Crippen molar-refractivity contribution < 1.29 is 4.74 Å². The van der Waals surface area contributed by atoms with Crippen molar-refractivity contribution in [2.45, 2.75) is 18.9 Å². The second kappa shape index (κ2) is 3.57. The summed E-state index contributed by atoms with van der Waals surface area (Å²) in [4.78, 5) is 4.25.